The molecule has 0 N–H and O–H groups in total. The minimum Gasteiger partial charge on any atom is -0.491 e. The molecule has 0 aromatic heterocycles. The van der Waals surface area contributed by atoms with Crippen molar-refractivity contribution in [3.05, 3.63) is 208 Å². The number of ketones is 1. The molecule has 252 valence electrons. The second kappa shape index (κ2) is 17.4. The van der Waals surface area contributed by atoms with Crippen molar-refractivity contribution >= 4 is 5.78 Å². The standard InChI is InChI=1S/C46H45O4/c1-36-34-43(46(40-18-10-5-11-19-40,41-20-12-6-13-21-41)42-22-14-7-15-23-42)35-37(2)45(36)50-33-31-48-29-28-47-30-32-49-44-26-24-39(25-27-44)38-16-8-3-4-9-17-38/h3-27,34-35H,28-33H2,1-2H3/q+1. The number of hydrogen-bond acceptors (Lipinski definition) is 3. The van der Waals surface area contributed by atoms with Crippen molar-refractivity contribution in [3.8, 4) is 5.75 Å². The summed E-state index contributed by atoms with van der Waals surface area (Å²) in [7, 11) is 0. The number of carbonyl (C=O) groups excluding carboxylic acids is 1. The topological polar surface area (TPSA) is 39.0 Å². The van der Waals surface area contributed by atoms with Crippen molar-refractivity contribution in [2.75, 3.05) is 39.6 Å². The van der Waals surface area contributed by atoms with Crippen LogP contribution in [0.2, 0.25) is 0 Å². The van der Waals surface area contributed by atoms with Gasteiger partial charge in [-0.25, -0.2) is 0 Å². The van der Waals surface area contributed by atoms with E-state index in [1.807, 2.05) is 36.5 Å². The first kappa shape index (κ1) is 34.6. The zero-order valence-corrected chi connectivity index (χ0v) is 29.0. The zero-order chi connectivity index (χ0) is 34.4. The lowest BCUT2D eigenvalue weighted by atomic mass is 9.64. The molecule has 4 heteroatoms. The smallest absolute Gasteiger partial charge is 0.343 e. The van der Waals surface area contributed by atoms with Gasteiger partial charge in [0, 0.05) is 12.2 Å². The maximum absolute atomic E-state index is 6.30. The molecule has 0 atom stereocenters. The van der Waals surface area contributed by atoms with E-state index in [4.69, 9.17) is 18.6 Å². The van der Waals surface area contributed by atoms with Gasteiger partial charge in [-0.15, -0.1) is 0 Å². The largest absolute Gasteiger partial charge is 0.491 e. The summed E-state index contributed by atoms with van der Waals surface area (Å²) in [6.07, 6.45) is 20.5. The number of benzene rings is 4. The van der Waals surface area contributed by atoms with Crippen molar-refractivity contribution in [3.63, 3.8) is 0 Å². The zero-order valence-electron chi connectivity index (χ0n) is 29.0. The molecule has 0 saturated carbocycles. The van der Waals surface area contributed by atoms with Crippen molar-refractivity contribution in [2.24, 2.45) is 0 Å². The summed E-state index contributed by atoms with van der Waals surface area (Å²) in [5, 5.41) is 0. The number of allylic oxidation sites excluding steroid dienone is 12. The molecule has 4 aromatic rings. The van der Waals surface area contributed by atoms with Crippen LogP contribution in [0, 0.1) is 13.8 Å². The van der Waals surface area contributed by atoms with E-state index in [1.165, 1.54) is 27.8 Å². The fourth-order valence-electron chi connectivity index (χ4n) is 6.64. The van der Waals surface area contributed by atoms with Crippen LogP contribution in [-0.4, -0.2) is 45.4 Å². The van der Waals surface area contributed by atoms with E-state index >= 15 is 0 Å². The van der Waals surface area contributed by atoms with Crippen LogP contribution >= 0.6 is 0 Å². The minimum atomic E-state index is -0.489. The van der Waals surface area contributed by atoms with Gasteiger partial charge in [0.15, 0.2) is 0 Å². The van der Waals surface area contributed by atoms with Gasteiger partial charge in [0.25, 0.3) is 6.61 Å². The number of hydrogen-bond donors (Lipinski definition) is 0. The second-order valence-electron chi connectivity index (χ2n) is 12.3. The Labute approximate surface area is 296 Å². The summed E-state index contributed by atoms with van der Waals surface area (Å²) < 4.78 is 23.7. The van der Waals surface area contributed by atoms with Gasteiger partial charge in [-0.3, -0.25) is 4.42 Å². The fraction of sp³-hybridized carbons (Fsp3) is 0.196. The van der Waals surface area contributed by atoms with Crippen molar-refractivity contribution in [1.29, 1.82) is 0 Å². The fourth-order valence-corrected chi connectivity index (χ4v) is 6.64. The molecule has 50 heavy (non-hydrogen) atoms. The van der Waals surface area contributed by atoms with Crippen molar-refractivity contribution < 1.29 is 18.6 Å². The Bertz CT molecular complexity index is 1770. The predicted octanol–water partition coefficient (Wildman–Crippen LogP) is 9.31. The molecule has 0 spiro atoms. The molecule has 0 radical (unpaired) electrons. The van der Waals surface area contributed by atoms with E-state index in [-0.39, 0.29) is 0 Å². The highest BCUT2D eigenvalue weighted by atomic mass is 16.5. The quantitative estimate of drug-likeness (QED) is 0.0768. The molecule has 0 fully saturated rings. The van der Waals surface area contributed by atoms with Crippen LogP contribution in [0.3, 0.4) is 0 Å². The first-order valence-corrected chi connectivity index (χ1v) is 17.3. The third-order valence-corrected chi connectivity index (χ3v) is 8.93. The lowest BCUT2D eigenvalue weighted by Crippen LogP contribution is -2.31. The van der Waals surface area contributed by atoms with Gasteiger partial charge in [0.05, 0.1) is 25.2 Å². The molecular formula is C46H45O4+. The highest BCUT2D eigenvalue weighted by molar-refractivity contribution is 6.01. The first-order chi connectivity index (χ1) is 24.7. The number of aryl methyl sites for hydroxylation is 2. The Balaban J connectivity index is 1.01. The average molecular weight is 662 g/mol. The lowest BCUT2D eigenvalue weighted by molar-refractivity contribution is -0.459. The molecule has 0 amide bonds. The van der Waals surface area contributed by atoms with Crippen LogP contribution < -0.4 is 4.74 Å². The van der Waals surface area contributed by atoms with Gasteiger partial charge in [0.1, 0.15) is 19.0 Å². The van der Waals surface area contributed by atoms with Gasteiger partial charge in [-0.2, -0.15) is 0 Å². The van der Waals surface area contributed by atoms with Gasteiger partial charge >= 0.3 is 5.78 Å². The normalized spacial score (nSPS) is 13.9. The maximum atomic E-state index is 6.30. The summed E-state index contributed by atoms with van der Waals surface area (Å²) in [6.45, 7) is 7.18. The summed E-state index contributed by atoms with van der Waals surface area (Å²) in [4.78, 5) is 0. The van der Waals surface area contributed by atoms with E-state index in [0.717, 1.165) is 28.2 Å². The second-order valence-corrected chi connectivity index (χ2v) is 12.3. The van der Waals surface area contributed by atoms with Gasteiger partial charge in [-0.05, 0) is 70.5 Å². The van der Waals surface area contributed by atoms with Gasteiger partial charge in [-0.1, -0.05) is 140 Å². The van der Waals surface area contributed by atoms with E-state index in [9.17, 15) is 0 Å². The molecule has 4 nitrogen and oxygen atoms in total. The van der Waals surface area contributed by atoms with Crippen molar-refractivity contribution in [1.82, 2.24) is 0 Å². The average Bonchev–Trinajstić information content (AvgIpc) is 3.45. The van der Waals surface area contributed by atoms with E-state index < -0.39 is 5.41 Å². The molecule has 0 unspecified atom stereocenters. The Morgan fingerprint density at radius 1 is 0.480 bits per heavy atom. The molecule has 2 aliphatic carbocycles. The van der Waals surface area contributed by atoms with Crippen LogP contribution in [0.1, 0.15) is 33.4 Å². The molecule has 4 aromatic carbocycles. The summed E-state index contributed by atoms with van der Waals surface area (Å²) in [5.74, 6) is 1.73. The Hall–Kier alpha value is -5.29. The van der Waals surface area contributed by atoms with Crippen LogP contribution in [-0.2, 0) is 19.3 Å². The van der Waals surface area contributed by atoms with E-state index in [0.29, 0.717) is 39.6 Å². The highest BCUT2D eigenvalue weighted by Gasteiger charge is 2.38. The number of ether oxygens (including phenoxy) is 3. The van der Waals surface area contributed by atoms with E-state index in [1.54, 1.807) is 0 Å². The summed E-state index contributed by atoms with van der Waals surface area (Å²) in [6, 6.07) is 36.9. The van der Waals surface area contributed by atoms with Gasteiger partial charge in [0.2, 0.25) is 0 Å². The first-order valence-electron chi connectivity index (χ1n) is 17.3. The Morgan fingerprint density at radius 3 is 1.46 bits per heavy atom. The monoisotopic (exact) mass is 661 g/mol. The van der Waals surface area contributed by atoms with Crippen LogP contribution in [0.5, 0.6) is 5.75 Å². The third-order valence-electron chi connectivity index (χ3n) is 8.93. The van der Waals surface area contributed by atoms with Crippen molar-refractivity contribution in [2.45, 2.75) is 19.3 Å². The van der Waals surface area contributed by atoms with E-state index in [2.05, 4.69) is 141 Å². The Kier molecular flexibility index (Phi) is 12.0. The van der Waals surface area contributed by atoms with Crippen LogP contribution in [0.4, 0.5) is 0 Å². The van der Waals surface area contributed by atoms with Crippen LogP contribution in [0.25, 0.3) is 0 Å². The maximum Gasteiger partial charge on any atom is 0.343 e. The Morgan fingerprint density at radius 2 is 0.940 bits per heavy atom. The highest BCUT2D eigenvalue weighted by Crippen LogP contribution is 2.46. The summed E-state index contributed by atoms with van der Waals surface area (Å²) in [5.41, 5.74) is 8.91. The molecule has 6 rings (SSSR count). The molecule has 0 saturated heterocycles. The van der Waals surface area contributed by atoms with Gasteiger partial charge < -0.3 is 14.2 Å². The molecule has 0 aliphatic heterocycles. The molecule has 0 bridgehead atoms. The molecule has 0 heterocycles. The lowest BCUT2D eigenvalue weighted by Gasteiger charge is -2.37. The molecular weight excluding hydrogens is 617 g/mol. The minimum absolute atomic E-state index is 0.461. The predicted molar refractivity (Wildman–Crippen MR) is 204 cm³/mol. The number of rotatable bonds is 14. The summed E-state index contributed by atoms with van der Waals surface area (Å²) >= 11 is 0. The van der Waals surface area contributed by atoms with Crippen LogP contribution in [0.15, 0.2) is 175 Å². The molecule has 2 aliphatic rings. The third kappa shape index (κ3) is 8.28. The SMILES string of the molecule is Cc1cc(C(c2ccccc2)(c2ccccc2)c2ccccc2)cc(C)c1OCCOCCOCC[O+]=C1C=CC(=C2C=CC=CC=C2)C=C1.